The quantitative estimate of drug-likeness (QED) is 0.389. The number of hydrogen-bond donors (Lipinski definition) is 0. The fourth-order valence-electron chi connectivity index (χ4n) is 2.09. The van der Waals surface area contributed by atoms with Gasteiger partial charge in [-0.3, -0.25) is 0 Å². The predicted octanol–water partition coefficient (Wildman–Crippen LogP) is 2.14. The van der Waals surface area contributed by atoms with Crippen molar-refractivity contribution in [2.75, 3.05) is 6.61 Å². The largest absolute Gasteiger partial charge is 0.418 e. The molecule has 2 aliphatic carbocycles. The Morgan fingerprint density at radius 1 is 1.50 bits per heavy atom. The van der Waals surface area contributed by atoms with Crippen LogP contribution in [0.15, 0.2) is 35.6 Å². The second-order valence-corrected chi connectivity index (χ2v) is 5.77. The molecule has 0 atom stereocenters. The molecule has 2 rings (SSSR count). The SMILES string of the molecule is CC(C)=C[SiH2]OCC12C=CC(C=C1)C2. The minimum Gasteiger partial charge on any atom is -0.418 e. The third kappa shape index (κ3) is 2.07. The van der Waals surface area contributed by atoms with Gasteiger partial charge in [0.1, 0.15) is 0 Å². The Morgan fingerprint density at radius 3 is 2.71 bits per heavy atom. The third-order valence-corrected chi connectivity index (χ3v) is 4.37. The summed E-state index contributed by atoms with van der Waals surface area (Å²) in [5, 5.41) is 0. The molecule has 1 nitrogen and oxygen atoms in total. The van der Waals surface area contributed by atoms with E-state index in [9.17, 15) is 0 Å². The van der Waals surface area contributed by atoms with Gasteiger partial charge in [-0.15, -0.1) is 0 Å². The van der Waals surface area contributed by atoms with Crippen LogP contribution in [0.25, 0.3) is 0 Å². The summed E-state index contributed by atoms with van der Waals surface area (Å²) < 4.78 is 5.81. The van der Waals surface area contributed by atoms with Crippen LogP contribution in [-0.2, 0) is 4.43 Å². The maximum absolute atomic E-state index is 5.81. The van der Waals surface area contributed by atoms with Gasteiger partial charge in [0, 0.05) is 12.0 Å². The molecular formula is C12H18OSi. The molecular weight excluding hydrogens is 188 g/mol. The van der Waals surface area contributed by atoms with Gasteiger partial charge >= 0.3 is 0 Å². The number of fused-ring (bicyclic) bond motifs is 2. The van der Waals surface area contributed by atoms with Crippen molar-refractivity contribution in [3.05, 3.63) is 35.6 Å². The van der Waals surface area contributed by atoms with E-state index in [0.29, 0.717) is 5.92 Å². The van der Waals surface area contributed by atoms with Crippen molar-refractivity contribution in [1.29, 1.82) is 0 Å². The molecule has 0 saturated heterocycles. The lowest BCUT2D eigenvalue weighted by Gasteiger charge is -2.20. The monoisotopic (exact) mass is 206 g/mol. The molecule has 0 N–H and O–H groups in total. The van der Waals surface area contributed by atoms with Crippen LogP contribution in [-0.4, -0.2) is 16.4 Å². The van der Waals surface area contributed by atoms with Gasteiger partial charge in [-0.1, -0.05) is 35.6 Å². The van der Waals surface area contributed by atoms with Crippen molar-refractivity contribution < 1.29 is 4.43 Å². The smallest absolute Gasteiger partial charge is 0.185 e. The Balaban J connectivity index is 1.79. The minimum atomic E-state index is -0.427. The van der Waals surface area contributed by atoms with Gasteiger partial charge in [0.15, 0.2) is 9.76 Å². The van der Waals surface area contributed by atoms with E-state index in [4.69, 9.17) is 4.43 Å². The molecule has 0 aliphatic heterocycles. The zero-order valence-electron chi connectivity index (χ0n) is 8.99. The standard InChI is InChI=1S/C12H18OSi/c1-10(2)8-14-13-9-12-5-3-11(7-12)4-6-12/h3-6,8,11H,7,9,14H2,1-2H3. The summed E-state index contributed by atoms with van der Waals surface area (Å²) in [6.45, 7) is 5.16. The van der Waals surface area contributed by atoms with Crippen LogP contribution < -0.4 is 0 Å². The molecule has 76 valence electrons. The molecule has 0 saturated carbocycles. The molecule has 2 heteroatoms. The van der Waals surface area contributed by atoms with E-state index in [2.05, 4.69) is 43.9 Å². The van der Waals surface area contributed by atoms with Gasteiger partial charge in [-0.25, -0.2) is 0 Å². The summed E-state index contributed by atoms with van der Waals surface area (Å²) in [6.07, 6.45) is 10.5. The van der Waals surface area contributed by atoms with Gasteiger partial charge < -0.3 is 4.43 Å². The van der Waals surface area contributed by atoms with Crippen LogP contribution in [0.1, 0.15) is 20.3 Å². The Kier molecular flexibility index (Phi) is 2.75. The fourth-order valence-corrected chi connectivity index (χ4v) is 3.04. The first-order chi connectivity index (χ1) is 6.70. The van der Waals surface area contributed by atoms with E-state index in [-0.39, 0.29) is 5.41 Å². The van der Waals surface area contributed by atoms with Gasteiger partial charge in [0.05, 0.1) is 0 Å². The van der Waals surface area contributed by atoms with Gasteiger partial charge in [0.25, 0.3) is 0 Å². The number of hydrogen-bond acceptors (Lipinski definition) is 1. The van der Waals surface area contributed by atoms with Gasteiger partial charge in [-0.2, -0.15) is 0 Å². The highest BCUT2D eigenvalue weighted by molar-refractivity contribution is 6.34. The summed E-state index contributed by atoms with van der Waals surface area (Å²) in [7, 11) is -0.427. The van der Waals surface area contributed by atoms with E-state index in [0.717, 1.165) is 6.61 Å². The second-order valence-electron chi connectivity index (χ2n) is 4.62. The van der Waals surface area contributed by atoms with Crippen LogP contribution in [0.4, 0.5) is 0 Å². The highest BCUT2D eigenvalue weighted by Gasteiger charge is 2.35. The zero-order chi connectivity index (χ0) is 10.0. The Morgan fingerprint density at radius 2 is 2.21 bits per heavy atom. The lowest BCUT2D eigenvalue weighted by molar-refractivity contribution is 0.242. The average Bonchev–Trinajstić information content (AvgIpc) is 2.72. The zero-order valence-corrected chi connectivity index (χ0v) is 10.4. The topological polar surface area (TPSA) is 9.23 Å². The lowest BCUT2D eigenvalue weighted by Crippen LogP contribution is -2.19. The molecule has 0 unspecified atom stereocenters. The van der Waals surface area contributed by atoms with Crippen LogP contribution >= 0.6 is 0 Å². The van der Waals surface area contributed by atoms with Crippen LogP contribution in [0, 0.1) is 11.3 Å². The summed E-state index contributed by atoms with van der Waals surface area (Å²) in [5.74, 6) is 0.698. The number of rotatable bonds is 4. The van der Waals surface area contributed by atoms with E-state index in [1.54, 1.807) is 0 Å². The molecule has 0 fully saturated rings. The van der Waals surface area contributed by atoms with E-state index < -0.39 is 9.76 Å². The van der Waals surface area contributed by atoms with E-state index in [1.165, 1.54) is 12.0 Å². The Bertz CT molecular complexity index is 283. The average molecular weight is 206 g/mol. The first kappa shape index (κ1) is 9.93. The first-order valence-corrected chi connectivity index (χ1v) is 6.69. The molecule has 0 aromatic rings. The molecule has 2 aliphatic rings. The van der Waals surface area contributed by atoms with Crippen LogP contribution in [0.3, 0.4) is 0 Å². The first-order valence-electron chi connectivity index (χ1n) is 5.30. The number of allylic oxidation sites excluding steroid dienone is 3. The summed E-state index contributed by atoms with van der Waals surface area (Å²) in [6, 6.07) is 0. The lowest BCUT2D eigenvalue weighted by atomic mass is 9.92. The maximum atomic E-state index is 5.81. The highest BCUT2D eigenvalue weighted by Crippen LogP contribution is 2.43. The summed E-state index contributed by atoms with van der Waals surface area (Å²) in [5.41, 5.74) is 3.93. The minimum absolute atomic E-state index is 0.271. The highest BCUT2D eigenvalue weighted by atomic mass is 28.2. The molecule has 0 radical (unpaired) electrons. The summed E-state index contributed by atoms with van der Waals surface area (Å²) in [4.78, 5) is 0. The van der Waals surface area contributed by atoms with Gasteiger partial charge in [-0.05, 0) is 26.2 Å². The predicted molar refractivity (Wildman–Crippen MR) is 62.7 cm³/mol. The second kappa shape index (κ2) is 3.87. The molecule has 0 aromatic heterocycles. The van der Waals surface area contributed by atoms with Gasteiger partial charge in [0.2, 0.25) is 0 Å². The van der Waals surface area contributed by atoms with Crippen molar-refractivity contribution in [2.24, 2.45) is 11.3 Å². The summed E-state index contributed by atoms with van der Waals surface area (Å²) >= 11 is 0. The Hall–Kier alpha value is -0.603. The molecule has 0 spiro atoms. The molecule has 0 amide bonds. The van der Waals surface area contributed by atoms with E-state index in [1.807, 2.05) is 0 Å². The van der Waals surface area contributed by atoms with E-state index >= 15 is 0 Å². The van der Waals surface area contributed by atoms with Crippen molar-refractivity contribution in [3.63, 3.8) is 0 Å². The normalized spacial score (nSPS) is 33.4. The van der Waals surface area contributed by atoms with Crippen molar-refractivity contribution in [2.45, 2.75) is 20.3 Å². The molecule has 0 aromatic carbocycles. The molecule has 14 heavy (non-hydrogen) atoms. The van der Waals surface area contributed by atoms with Crippen LogP contribution in [0.2, 0.25) is 0 Å². The molecule has 0 heterocycles. The van der Waals surface area contributed by atoms with Crippen molar-refractivity contribution in [3.8, 4) is 0 Å². The third-order valence-electron chi connectivity index (χ3n) is 2.95. The Labute approximate surface area is 88.5 Å². The van der Waals surface area contributed by atoms with Crippen LogP contribution in [0.5, 0.6) is 0 Å². The maximum Gasteiger partial charge on any atom is 0.185 e. The molecule has 2 bridgehead atoms. The van der Waals surface area contributed by atoms with Crippen molar-refractivity contribution >= 4 is 9.76 Å². The van der Waals surface area contributed by atoms with Crippen molar-refractivity contribution in [1.82, 2.24) is 0 Å². The fraction of sp³-hybridized carbons (Fsp3) is 0.500.